The summed E-state index contributed by atoms with van der Waals surface area (Å²) in [6, 6.07) is 10.5. The van der Waals surface area contributed by atoms with Crippen molar-refractivity contribution < 1.29 is 13.2 Å². The molecule has 3 rings (SSSR count). The molecule has 7 nitrogen and oxygen atoms in total. The van der Waals surface area contributed by atoms with Crippen molar-refractivity contribution in [1.29, 1.82) is 0 Å². The van der Waals surface area contributed by atoms with Gasteiger partial charge in [0.05, 0.1) is 5.75 Å². The first-order chi connectivity index (χ1) is 13.4. The van der Waals surface area contributed by atoms with E-state index in [0.717, 1.165) is 36.2 Å². The van der Waals surface area contributed by atoms with Crippen LogP contribution in [0.1, 0.15) is 29.4 Å². The largest absolute Gasteiger partial charge is 0.439 e. The third-order valence-electron chi connectivity index (χ3n) is 4.12. The number of pyridine rings is 1. The van der Waals surface area contributed by atoms with Crippen LogP contribution in [-0.2, 0) is 35.0 Å². The van der Waals surface area contributed by atoms with Crippen molar-refractivity contribution in [2.45, 2.75) is 31.9 Å². The van der Waals surface area contributed by atoms with Gasteiger partial charge in [0.2, 0.25) is 15.9 Å². The highest BCUT2D eigenvalue weighted by atomic mass is 32.2. The molecule has 0 unspecified atom stereocenters. The van der Waals surface area contributed by atoms with Crippen molar-refractivity contribution in [2.75, 3.05) is 0 Å². The Labute approximate surface area is 164 Å². The summed E-state index contributed by atoms with van der Waals surface area (Å²) >= 11 is 0. The molecule has 0 saturated carbocycles. The summed E-state index contributed by atoms with van der Waals surface area (Å²) in [6.45, 7) is 2.07. The predicted molar refractivity (Wildman–Crippen MR) is 106 cm³/mol. The van der Waals surface area contributed by atoms with Crippen molar-refractivity contribution in [3.05, 3.63) is 77.5 Å². The third kappa shape index (κ3) is 6.11. The molecular weight excluding hydrogens is 376 g/mol. The van der Waals surface area contributed by atoms with Crippen LogP contribution in [0.15, 0.2) is 55.0 Å². The van der Waals surface area contributed by atoms with Gasteiger partial charge in [-0.3, -0.25) is 0 Å². The molecule has 146 valence electrons. The van der Waals surface area contributed by atoms with Crippen LogP contribution in [0.3, 0.4) is 0 Å². The van der Waals surface area contributed by atoms with E-state index in [-0.39, 0.29) is 5.75 Å². The molecule has 0 radical (unpaired) electrons. The third-order valence-corrected chi connectivity index (χ3v) is 4.85. The lowest BCUT2D eigenvalue weighted by Crippen LogP contribution is -2.14. The number of aromatic nitrogens is 3. The van der Waals surface area contributed by atoms with Crippen LogP contribution in [0, 0.1) is 0 Å². The van der Waals surface area contributed by atoms with Crippen molar-refractivity contribution in [3.63, 3.8) is 0 Å². The number of hydrogen-bond donors (Lipinski definition) is 1. The van der Waals surface area contributed by atoms with E-state index in [9.17, 15) is 8.42 Å². The van der Waals surface area contributed by atoms with Crippen LogP contribution in [0.4, 0.5) is 0 Å². The average Bonchev–Trinajstić information content (AvgIpc) is 2.67. The van der Waals surface area contributed by atoms with Crippen LogP contribution in [0.2, 0.25) is 0 Å². The Bertz CT molecular complexity index is 1020. The fourth-order valence-electron chi connectivity index (χ4n) is 2.62. The van der Waals surface area contributed by atoms with E-state index < -0.39 is 10.0 Å². The average molecular weight is 398 g/mol. The number of ether oxygens (including phenoxy) is 1. The first kappa shape index (κ1) is 19.9. The standard InChI is InChI=1S/C20H22N4O3S/c1-2-15-12-23-19(24-13-15)8-5-16-9-10-22-20(11-16)27-18-6-3-17(4-7-18)14-28(21,25)26/h3-4,6-7,9-13H,2,5,8,14H2,1H3,(H2,21,25,26). The maximum absolute atomic E-state index is 11.1. The van der Waals surface area contributed by atoms with E-state index in [0.29, 0.717) is 17.2 Å². The molecule has 0 fully saturated rings. The van der Waals surface area contributed by atoms with Gasteiger partial charge in [-0.25, -0.2) is 28.5 Å². The normalized spacial score (nSPS) is 11.4. The molecule has 8 heteroatoms. The first-order valence-electron chi connectivity index (χ1n) is 8.93. The van der Waals surface area contributed by atoms with Gasteiger partial charge in [0.15, 0.2) is 0 Å². The maximum atomic E-state index is 11.1. The number of hydrogen-bond acceptors (Lipinski definition) is 6. The number of aryl methyl sites for hydroxylation is 3. The fraction of sp³-hybridized carbons (Fsp3) is 0.250. The summed E-state index contributed by atoms with van der Waals surface area (Å²) in [4.78, 5) is 13.0. The zero-order valence-electron chi connectivity index (χ0n) is 15.6. The number of benzene rings is 1. The van der Waals surface area contributed by atoms with Gasteiger partial charge in [0.1, 0.15) is 11.6 Å². The molecule has 0 amide bonds. The van der Waals surface area contributed by atoms with E-state index in [4.69, 9.17) is 9.88 Å². The van der Waals surface area contributed by atoms with Crippen molar-refractivity contribution >= 4 is 10.0 Å². The molecule has 0 aliphatic heterocycles. The van der Waals surface area contributed by atoms with Crippen LogP contribution >= 0.6 is 0 Å². The van der Waals surface area contributed by atoms with Crippen molar-refractivity contribution in [1.82, 2.24) is 15.0 Å². The van der Waals surface area contributed by atoms with Gasteiger partial charge >= 0.3 is 0 Å². The molecule has 0 bridgehead atoms. The molecule has 2 heterocycles. The van der Waals surface area contributed by atoms with E-state index in [1.165, 1.54) is 0 Å². The second-order valence-corrected chi connectivity index (χ2v) is 8.03. The Hall–Kier alpha value is -2.84. The predicted octanol–water partition coefficient (Wildman–Crippen LogP) is 2.80. The lowest BCUT2D eigenvalue weighted by Gasteiger charge is -2.07. The van der Waals surface area contributed by atoms with Gasteiger partial charge in [0, 0.05) is 31.1 Å². The van der Waals surface area contributed by atoms with Gasteiger partial charge in [-0.1, -0.05) is 19.1 Å². The van der Waals surface area contributed by atoms with Gasteiger partial charge in [0.25, 0.3) is 0 Å². The molecular formula is C20H22N4O3S. The smallest absolute Gasteiger partial charge is 0.219 e. The van der Waals surface area contributed by atoms with E-state index in [1.54, 1.807) is 30.5 Å². The lowest BCUT2D eigenvalue weighted by molar-refractivity contribution is 0.462. The molecule has 0 aliphatic carbocycles. The summed E-state index contributed by atoms with van der Waals surface area (Å²) in [7, 11) is -3.55. The Kier molecular flexibility index (Phi) is 6.33. The molecule has 0 saturated heterocycles. The van der Waals surface area contributed by atoms with Gasteiger partial charge < -0.3 is 4.74 Å². The zero-order valence-corrected chi connectivity index (χ0v) is 16.4. The van der Waals surface area contributed by atoms with Crippen molar-refractivity contribution in [3.8, 4) is 11.6 Å². The maximum Gasteiger partial charge on any atom is 0.219 e. The molecule has 2 N–H and O–H groups in total. The summed E-state index contributed by atoms with van der Waals surface area (Å²) in [5, 5.41) is 5.05. The molecule has 0 atom stereocenters. The minimum absolute atomic E-state index is 0.206. The van der Waals surface area contributed by atoms with E-state index in [2.05, 4.69) is 21.9 Å². The number of primary sulfonamides is 1. The first-order valence-corrected chi connectivity index (χ1v) is 10.6. The van der Waals surface area contributed by atoms with Crippen molar-refractivity contribution in [2.24, 2.45) is 5.14 Å². The Morgan fingerprint density at radius 2 is 1.64 bits per heavy atom. The quantitative estimate of drug-likeness (QED) is 0.625. The molecule has 2 aromatic heterocycles. The second kappa shape index (κ2) is 8.90. The minimum Gasteiger partial charge on any atom is -0.439 e. The topological polar surface area (TPSA) is 108 Å². The summed E-state index contributed by atoms with van der Waals surface area (Å²) in [6.07, 6.45) is 7.86. The Balaban J connectivity index is 1.61. The molecule has 0 aliphatic rings. The van der Waals surface area contributed by atoms with Crippen LogP contribution < -0.4 is 9.88 Å². The highest BCUT2D eigenvalue weighted by molar-refractivity contribution is 7.88. The molecule has 1 aromatic carbocycles. The van der Waals surface area contributed by atoms with Gasteiger partial charge in [-0.15, -0.1) is 0 Å². The zero-order chi connectivity index (χ0) is 20.0. The number of sulfonamides is 1. The van der Waals surface area contributed by atoms with Crippen LogP contribution in [0.5, 0.6) is 11.6 Å². The monoisotopic (exact) mass is 398 g/mol. The highest BCUT2D eigenvalue weighted by Gasteiger charge is 2.06. The van der Waals surface area contributed by atoms with Gasteiger partial charge in [-0.2, -0.15) is 0 Å². The molecule has 0 spiro atoms. The SMILES string of the molecule is CCc1cnc(CCc2ccnc(Oc3ccc(CS(N)(=O)=O)cc3)c2)nc1. The number of nitrogens with zero attached hydrogens (tertiary/aromatic N) is 3. The summed E-state index contributed by atoms with van der Waals surface area (Å²) < 4.78 is 28.0. The molecule has 3 aromatic rings. The minimum atomic E-state index is -3.55. The second-order valence-electron chi connectivity index (χ2n) is 6.42. The highest BCUT2D eigenvalue weighted by Crippen LogP contribution is 2.21. The number of rotatable bonds is 8. The molecule has 28 heavy (non-hydrogen) atoms. The lowest BCUT2D eigenvalue weighted by atomic mass is 10.1. The van der Waals surface area contributed by atoms with Crippen LogP contribution in [0.25, 0.3) is 0 Å². The fourth-order valence-corrected chi connectivity index (χ4v) is 3.27. The summed E-state index contributed by atoms with van der Waals surface area (Å²) in [5.74, 6) is 1.64. The summed E-state index contributed by atoms with van der Waals surface area (Å²) in [5.41, 5.74) is 2.79. The van der Waals surface area contributed by atoms with E-state index in [1.807, 2.05) is 24.5 Å². The van der Waals surface area contributed by atoms with E-state index >= 15 is 0 Å². The Morgan fingerprint density at radius 3 is 2.29 bits per heavy atom. The number of nitrogens with two attached hydrogens (primary N) is 1. The van der Waals surface area contributed by atoms with Crippen LogP contribution in [-0.4, -0.2) is 23.4 Å². The Morgan fingerprint density at radius 1 is 0.929 bits per heavy atom. The van der Waals surface area contributed by atoms with Gasteiger partial charge in [-0.05, 0) is 47.7 Å².